The lowest BCUT2D eigenvalue weighted by Gasteiger charge is -2.04. The standard InChI is InChI=1S/C14H11N3O5S/c18-13(15-7-10-2-1-5-23-10)8-16-11-6-9(17(20)21)3-4-12(11)22-14(16)19/h1-6H,7-8H2,(H,15,18). The van der Waals surface area contributed by atoms with Crippen molar-refractivity contribution in [1.29, 1.82) is 0 Å². The molecular formula is C14H11N3O5S. The van der Waals surface area contributed by atoms with Gasteiger partial charge in [-0.15, -0.1) is 11.3 Å². The van der Waals surface area contributed by atoms with Crippen LogP contribution in [0.4, 0.5) is 5.69 Å². The molecular weight excluding hydrogens is 322 g/mol. The van der Waals surface area contributed by atoms with Crippen molar-refractivity contribution >= 4 is 34.0 Å². The van der Waals surface area contributed by atoms with Gasteiger partial charge in [-0.2, -0.15) is 0 Å². The van der Waals surface area contributed by atoms with Crippen LogP contribution in [-0.2, 0) is 17.9 Å². The third-order valence-electron chi connectivity index (χ3n) is 3.20. The summed E-state index contributed by atoms with van der Waals surface area (Å²) in [7, 11) is 0. The minimum Gasteiger partial charge on any atom is -0.408 e. The molecule has 0 aliphatic rings. The summed E-state index contributed by atoms with van der Waals surface area (Å²) in [5.74, 6) is -1.11. The Morgan fingerprint density at radius 1 is 1.39 bits per heavy atom. The van der Waals surface area contributed by atoms with Crippen LogP contribution in [0.25, 0.3) is 11.1 Å². The molecule has 9 heteroatoms. The normalized spacial score (nSPS) is 10.8. The first kappa shape index (κ1) is 15.0. The maximum absolute atomic E-state index is 12.0. The van der Waals surface area contributed by atoms with E-state index < -0.39 is 10.7 Å². The molecule has 0 aliphatic heterocycles. The second kappa shape index (κ2) is 6.05. The molecule has 1 amide bonds. The second-order valence-corrected chi connectivity index (χ2v) is 5.75. The first-order valence-electron chi connectivity index (χ1n) is 6.61. The predicted octanol–water partition coefficient (Wildman–Crippen LogP) is 1.88. The Bertz CT molecular complexity index is 926. The number of nitro benzene ring substituents is 1. The van der Waals surface area contributed by atoms with Crippen molar-refractivity contribution in [3.8, 4) is 0 Å². The van der Waals surface area contributed by atoms with Gasteiger partial charge >= 0.3 is 5.76 Å². The van der Waals surface area contributed by atoms with E-state index in [1.165, 1.54) is 29.5 Å². The fraction of sp³-hybridized carbons (Fsp3) is 0.143. The number of nitrogens with zero attached hydrogens (tertiary/aromatic N) is 2. The molecule has 0 saturated carbocycles. The molecule has 3 rings (SSSR count). The number of hydrogen-bond donors (Lipinski definition) is 1. The van der Waals surface area contributed by atoms with Crippen molar-refractivity contribution in [2.75, 3.05) is 0 Å². The van der Waals surface area contributed by atoms with E-state index in [2.05, 4.69) is 5.32 Å². The van der Waals surface area contributed by atoms with Crippen LogP contribution in [-0.4, -0.2) is 15.4 Å². The molecule has 0 bridgehead atoms. The maximum atomic E-state index is 12.0. The summed E-state index contributed by atoms with van der Waals surface area (Å²) in [6, 6.07) is 7.56. The van der Waals surface area contributed by atoms with Gasteiger partial charge in [-0.3, -0.25) is 19.5 Å². The number of nitrogens with one attached hydrogen (secondary N) is 1. The molecule has 1 aromatic carbocycles. The lowest BCUT2D eigenvalue weighted by atomic mass is 10.3. The highest BCUT2D eigenvalue weighted by Crippen LogP contribution is 2.20. The number of non-ortho nitro benzene ring substituents is 1. The Balaban J connectivity index is 1.82. The molecule has 2 aromatic heterocycles. The van der Waals surface area contributed by atoms with Crippen molar-refractivity contribution in [2.45, 2.75) is 13.1 Å². The molecule has 0 aliphatic carbocycles. The van der Waals surface area contributed by atoms with Crippen LogP contribution in [0, 0.1) is 10.1 Å². The first-order chi connectivity index (χ1) is 11.0. The molecule has 118 valence electrons. The number of fused-ring (bicyclic) bond motifs is 1. The largest absolute Gasteiger partial charge is 0.420 e. The average molecular weight is 333 g/mol. The number of nitro groups is 1. The highest BCUT2D eigenvalue weighted by Gasteiger charge is 2.16. The monoisotopic (exact) mass is 333 g/mol. The van der Waals surface area contributed by atoms with Gasteiger partial charge in [-0.25, -0.2) is 4.79 Å². The fourth-order valence-corrected chi connectivity index (χ4v) is 2.76. The Kier molecular flexibility index (Phi) is 3.94. The predicted molar refractivity (Wildman–Crippen MR) is 83.3 cm³/mol. The molecule has 0 radical (unpaired) electrons. The minimum absolute atomic E-state index is 0.175. The topological polar surface area (TPSA) is 107 Å². The van der Waals surface area contributed by atoms with E-state index in [0.29, 0.717) is 6.54 Å². The van der Waals surface area contributed by atoms with Crippen LogP contribution < -0.4 is 11.1 Å². The lowest BCUT2D eigenvalue weighted by molar-refractivity contribution is -0.384. The van der Waals surface area contributed by atoms with Gasteiger partial charge < -0.3 is 9.73 Å². The van der Waals surface area contributed by atoms with Gasteiger partial charge in [0, 0.05) is 17.0 Å². The minimum atomic E-state index is -0.730. The number of carbonyl (C=O) groups is 1. The Morgan fingerprint density at radius 2 is 2.22 bits per heavy atom. The van der Waals surface area contributed by atoms with Gasteiger partial charge in [0.25, 0.3) is 5.69 Å². The summed E-state index contributed by atoms with van der Waals surface area (Å²) >= 11 is 1.51. The van der Waals surface area contributed by atoms with Crippen molar-refractivity contribution in [3.63, 3.8) is 0 Å². The summed E-state index contributed by atoms with van der Waals surface area (Å²) in [6.45, 7) is 0.0968. The van der Waals surface area contributed by atoms with Gasteiger partial charge in [0.05, 0.1) is 17.0 Å². The smallest absolute Gasteiger partial charge is 0.408 e. The van der Waals surface area contributed by atoms with Crippen LogP contribution in [0.5, 0.6) is 0 Å². The van der Waals surface area contributed by atoms with Gasteiger partial charge in [0.2, 0.25) is 5.91 Å². The van der Waals surface area contributed by atoms with Gasteiger partial charge in [-0.1, -0.05) is 6.07 Å². The van der Waals surface area contributed by atoms with Gasteiger partial charge in [0.1, 0.15) is 6.54 Å². The average Bonchev–Trinajstić information content (AvgIpc) is 3.13. The maximum Gasteiger partial charge on any atom is 0.420 e. The van der Waals surface area contributed by atoms with E-state index in [1.54, 1.807) is 0 Å². The number of amides is 1. The van der Waals surface area contributed by atoms with E-state index >= 15 is 0 Å². The van der Waals surface area contributed by atoms with Crippen LogP contribution in [0.2, 0.25) is 0 Å². The van der Waals surface area contributed by atoms with Gasteiger partial charge in [-0.05, 0) is 17.5 Å². The lowest BCUT2D eigenvalue weighted by Crippen LogP contribution is -2.30. The third kappa shape index (κ3) is 3.14. The number of thiophene rings is 1. The van der Waals surface area contributed by atoms with E-state index in [4.69, 9.17) is 4.42 Å². The molecule has 23 heavy (non-hydrogen) atoms. The van der Waals surface area contributed by atoms with Crippen LogP contribution in [0.15, 0.2) is 44.9 Å². The molecule has 3 aromatic rings. The molecule has 0 unspecified atom stereocenters. The number of oxazole rings is 1. The Labute approximate surface area is 133 Å². The molecule has 2 heterocycles. The van der Waals surface area contributed by atoms with E-state index in [1.807, 2.05) is 17.5 Å². The van der Waals surface area contributed by atoms with E-state index in [0.717, 1.165) is 9.44 Å². The molecule has 0 atom stereocenters. The molecule has 0 fully saturated rings. The van der Waals surface area contributed by atoms with E-state index in [9.17, 15) is 19.7 Å². The zero-order chi connectivity index (χ0) is 16.4. The van der Waals surface area contributed by atoms with Crippen LogP contribution in [0.1, 0.15) is 4.88 Å². The van der Waals surface area contributed by atoms with Crippen LogP contribution >= 0.6 is 11.3 Å². The molecule has 1 N–H and O–H groups in total. The highest BCUT2D eigenvalue weighted by atomic mass is 32.1. The summed E-state index contributed by atoms with van der Waals surface area (Å²) in [5.41, 5.74) is 0.244. The Morgan fingerprint density at radius 3 is 2.91 bits per heavy atom. The summed E-state index contributed by atoms with van der Waals surface area (Å²) in [4.78, 5) is 35.1. The fourth-order valence-electron chi connectivity index (χ4n) is 2.11. The molecule has 0 spiro atoms. The van der Waals surface area contributed by atoms with Crippen molar-refractivity contribution in [3.05, 3.63) is 61.3 Å². The quantitative estimate of drug-likeness (QED) is 0.566. The second-order valence-electron chi connectivity index (χ2n) is 4.72. The number of carbonyl (C=O) groups excluding carboxylic acids is 1. The summed E-state index contributed by atoms with van der Waals surface area (Å²) < 4.78 is 6.07. The van der Waals surface area contributed by atoms with Crippen LogP contribution in [0.3, 0.4) is 0 Å². The van der Waals surface area contributed by atoms with Crippen molar-refractivity contribution in [2.24, 2.45) is 0 Å². The number of rotatable bonds is 5. The number of hydrogen-bond acceptors (Lipinski definition) is 6. The molecule has 8 nitrogen and oxygen atoms in total. The zero-order valence-electron chi connectivity index (χ0n) is 11.7. The Hall–Kier alpha value is -2.94. The summed E-state index contributed by atoms with van der Waals surface area (Å²) in [5, 5.41) is 15.4. The summed E-state index contributed by atoms with van der Waals surface area (Å²) in [6.07, 6.45) is 0. The first-order valence-corrected chi connectivity index (χ1v) is 7.49. The SMILES string of the molecule is O=C(Cn1c(=O)oc2ccc([N+](=O)[O-])cc21)NCc1cccs1. The van der Waals surface area contributed by atoms with Crippen molar-refractivity contribution in [1.82, 2.24) is 9.88 Å². The van der Waals surface area contributed by atoms with Crippen molar-refractivity contribution < 1.29 is 14.1 Å². The molecule has 0 saturated heterocycles. The van der Waals surface area contributed by atoms with E-state index in [-0.39, 0.29) is 29.2 Å². The third-order valence-corrected chi connectivity index (χ3v) is 4.08. The highest BCUT2D eigenvalue weighted by molar-refractivity contribution is 7.09. The number of benzene rings is 1. The van der Waals surface area contributed by atoms with Gasteiger partial charge in [0.15, 0.2) is 5.58 Å². The zero-order valence-corrected chi connectivity index (χ0v) is 12.5. The number of aromatic nitrogens is 1.